The molecule has 1 heterocycles. The number of ether oxygens (including phenoxy) is 1. The number of nitro benzene ring substituents is 1. The summed E-state index contributed by atoms with van der Waals surface area (Å²) in [5.74, 6) is -1.50. The van der Waals surface area contributed by atoms with E-state index in [0.29, 0.717) is 0 Å². The van der Waals surface area contributed by atoms with Crippen LogP contribution in [0, 0.1) is 21.8 Å². The van der Waals surface area contributed by atoms with Gasteiger partial charge in [0.15, 0.2) is 0 Å². The molecule has 1 aliphatic rings. The molecule has 2 rings (SSSR count). The summed E-state index contributed by atoms with van der Waals surface area (Å²) in [6, 6.07) is 1.85. The van der Waals surface area contributed by atoms with E-state index in [1.165, 1.54) is 12.0 Å². The zero-order valence-corrected chi connectivity index (χ0v) is 11.6. The summed E-state index contributed by atoms with van der Waals surface area (Å²) in [6.07, 6.45) is 0.146. The summed E-state index contributed by atoms with van der Waals surface area (Å²) in [4.78, 5) is 25.9. The van der Waals surface area contributed by atoms with E-state index >= 15 is 0 Å². The second-order valence-electron chi connectivity index (χ2n) is 4.72. The van der Waals surface area contributed by atoms with Crippen LogP contribution in [0.5, 0.6) is 5.75 Å². The third-order valence-electron chi connectivity index (χ3n) is 3.34. The van der Waals surface area contributed by atoms with Crippen LogP contribution in [0.4, 0.5) is 15.8 Å². The molecule has 0 bridgehead atoms. The molecule has 0 N–H and O–H groups in total. The lowest BCUT2D eigenvalue weighted by atomic mass is 10.1. The van der Waals surface area contributed by atoms with Crippen LogP contribution in [0.1, 0.15) is 6.42 Å². The van der Waals surface area contributed by atoms with E-state index in [0.717, 1.165) is 12.1 Å². The molecule has 1 amide bonds. The number of azide groups is 1. The first kappa shape index (κ1) is 15.5. The molecule has 0 aliphatic carbocycles. The second-order valence-corrected chi connectivity index (χ2v) is 4.72. The first-order valence-corrected chi connectivity index (χ1v) is 6.31. The van der Waals surface area contributed by atoms with Crippen LogP contribution in [0.25, 0.3) is 10.4 Å². The molecule has 1 aromatic carbocycles. The van der Waals surface area contributed by atoms with E-state index in [4.69, 9.17) is 10.3 Å². The third kappa shape index (κ3) is 2.91. The van der Waals surface area contributed by atoms with Gasteiger partial charge in [-0.05, 0) is 11.4 Å². The Kier molecular flexibility index (Phi) is 4.42. The quantitative estimate of drug-likeness (QED) is 0.272. The van der Waals surface area contributed by atoms with E-state index in [1.54, 1.807) is 0 Å². The zero-order chi connectivity index (χ0) is 16.3. The number of hydrogen-bond acceptors (Lipinski definition) is 5. The Hall–Kier alpha value is -2.87. The molecular formula is C12H12FN5O4. The van der Waals surface area contributed by atoms with Crippen molar-refractivity contribution in [3.63, 3.8) is 0 Å². The minimum absolute atomic E-state index is 0.0286. The average molecular weight is 309 g/mol. The number of rotatable bonds is 5. The van der Waals surface area contributed by atoms with Crippen LogP contribution in [0.15, 0.2) is 17.2 Å². The van der Waals surface area contributed by atoms with Crippen LogP contribution in [-0.2, 0) is 4.79 Å². The Balaban J connectivity index is 2.38. The van der Waals surface area contributed by atoms with Gasteiger partial charge in [0.05, 0.1) is 17.7 Å². The molecule has 1 atom stereocenters. The van der Waals surface area contributed by atoms with Crippen molar-refractivity contribution < 1.29 is 18.8 Å². The van der Waals surface area contributed by atoms with E-state index in [9.17, 15) is 19.3 Å². The van der Waals surface area contributed by atoms with Gasteiger partial charge in [-0.2, -0.15) is 4.39 Å². The fourth-order valence-corrected chi connectivity index (χ4v) is 2.34. The smallest absolute Gasteiger partial charge is 0.307 e. The van der Waals surface area contributed by atoms with Crippen LogP contribution < -0.4 is 9.64 Å². The van der Waals surface area contributed by atoms with Crippen LogP contribution >= 0.6 is 0 Å². The van der Waals surface area contributed by atoms with Crippen molar-refractivity contribution in [2.45, 2.75) is 6.42 Å². The highest BCUT2D eigenvalue weighted by molar-refractivity contribution is 5.97. The molecule has 22 heavy (non-hydrogen) atoms. The molecule has 0 radical (unpaired) electrons. The first-order chi connectivity index (χ1) is 10.5. The molecule has 0 saturated carbocycles. The van der Waals surface area contributed by atoms with Crippen molar-refractivity contribution in [2.75, 3.05) is 25.1 Å². The molecule has 1 saturated heterocycles. The molecular weight excluding hydrogens is 297 g/mol. The van der Waals surface area contributed by atoms with Crippen molar-refractivity contribution in [3.05, 3.63) is 38.5 Å². The SMILES string of the molecule is COc1cc(F)c([N+](=O)[O-])cc1N1CC(CN=[N+]=[N-])CC1=O. The van der Waals surface area contributed by atoms with Crippen molar-refractivity contribution in [2.24, 2.45) is 11.0 Å². The molecule has 1 unspecified atom stereocenters. The Morgan fingerprint density at radius 3 is 2.95 bits per heavy atom. The van der Waals surface area contributed by atoms with Gasteiger partial charge in [0.2, 0.25) is 11.7 Å². The number of carbonyl (C=O) groups is 1. The number of halogens is 1. The normalized spacial score (nSPS) is 17.3. The predicted octanol–water partition coefficient (Wildman–Crippen LogP) is 2.41. The van der Waals surface area contributed by atoms with Gasteiger partial charge in [0, 0.05) is 36.6 Å². The molecule has 1 aliphatic heterocycles. The second kappa shape index (κ2) is 6.27. The standard InChI is InChI=1S/C12H12FN5O4/c1-22-11-3-8(13)9(18(20)21)4-10(11)17-6-7(2-12(17)19)5-15-16-14/h3-4,7H,2,5-6H2,1H3. The summed E-state index contributed by atoms with van der Waals surface area (Å²) in [6.45, 7) is 0.362. The summed E-state index contributed by atoms with van der Waals surface area (Å²) >= 11 is 0. The largest absolute Gasteiger partial charge is 0.494 e. The summed E-state index contributed by atoms with van der Waals surface area (Å²) in [7, 11) is 1.28. The topological polar surface area (TPSA) is 121 Å². The van der Waals surface area contributed by atoms with Gasteiger partial charge in [-0.15, -0.1) is 0 Å². The van der Waals surface area contributed by atoms with E-state index in [1.807, 2.05) is 0 Å². The highest BCUT2D eigenvalue weighted by Crippen LogP contribution is 2.37. The van der Waals surface area contributed by atoms with Gasteiger partial charge >= 0.3 is 5.69 Å². The lowest BCUT2D eigenvalue weighted by Gasteiger charge is -2.19. The first-order valence-electron chi connectivity index (χ1n) is 6.31. The Morgan fingerprint density at radius 2 is 2.36 bits per heavy atom. The lowest BCUT2D eigenvalue weighted by Crippen LogP contribution is -2.25. The van der Waals surface area contributed by atoms with Crippen LogP contribution in [-0.4, -0.2) is 31.0 Å². The highest BCUT2D eigenvalue weighted by atomic mass is 19.1. The number of carbonyl (C=O) groups excluding carboxylic acids is 1. The Morgan fingerprint density at radius 1 is 1.64 bits per heavy atom. The van der Waals surface area contributed by atoms with Gasteiger partial charge in [-0.1, -0.05) is 5.11 Å². The molecule has 1 aromatic rings. The molecule has 0 aromatic heterocycles. The molecule has 116 valence electrons. The Labute approximate surface area is 124 Å². The monoisotopic (exact) mass is 309 g/mol. The van der Waals surface area contributed by atoms with Gasteiger partial charge < -0.3 is 9.64 Å². The number of anilines is 1. The predicted molar refractivity (Wildman–Crippen MR) is 74.1 cm³/mol. The molecule has 10 heteroatoms. The minimum Gasteiger partial charge on any atom is -0.494 e. The zero-order valence-electron chi connectivity index (χ0n) is 11.6. The van der Waals surface area contributed by atoms with E-state index in [-0.39, 0.29) is 42.8 Å². The van der Waals surface area contributed by atoms with Gasteiger partial charge in [-0.3, -0.25) is 14.9 Å². The fraction of sp³-hybridized carbons (Fsp3) is 0.417. The van der Waals surface area contributed by atoms with Crippen molar-refractivity contribution in [1.29, 1.82) is 0 Å². The van der Waals surface area contributed by atoms with Crippen LogP contribution in [0.2, 0.25) is 0 Å². The maximum atomic E-state index is 13.6. The number of benzene rings is 1. The molecule has 0 spiro atoms. The molecule has 1 fully saturated rings. The number of hydrogen-bond donors (Lipinski definition) is 0. The van der Waals surface area contributed by atoms with Gasteiger partial charge in [0.25, 0.3) is 0 Å². The van der Waals surface area contributed by atoms with Crippen LogP contribution in [0.3, 0.4) is 0 Å². The lowest BCUT2D eigenvalue weighted by molar-refractivity contribution is -0.387. The van der Waals surface area contributed by atoms with Crippen molar-refractivity contribution in [1.82, 2.24) is 0 Å². The van der Waals surface area contributed by atoms with E-state index in [2.05, 4.69) is 10.0 Å². The number of nitro groups is 1. The van der Waals surface area contributed by atoms with E-state index < -0.39 is 16.4 Å². The number of amides is 1. The average Bonchev–Trinajstić information content (AvgIpc) is 2.85. The third-order valence-corrected chi connectivity index (χ3v) is 3.34. The van der Waals surface area contributed by atoms with Gasteiger partial charge in [-0.25, -0.2) is 0 Å². The maximum Gasteiger partial charge on any atom is 0.307 e. The molecule has 9 nitrogen and oxygen atoms in total. The number of methoxy groups -OCH3 is 1. The summed E-state index contributed by atoms with van der Waals surface area (Å²) in [5, 5.41) is 14.3. The summed E-state index contributed by atoms with van der Waals surface area (Å²) < 4.78 is 18.6. The van der Waals surface area contributed by atoms with Crippen molar-refractivity contribution in [3.8, 4) is 5.75 Å². The van der Waals surface area contributed by atoms with Crippen molar-refractivity contribution >= 4 is 17.3 Å². The van der Waals surface area contributed by atoms with Gasteiger partial charge in [0.1, 0.15) is 5.75 Å². The summed E-state index contributed by atoms with van der Waals surface area (Å²) in [5.41, 5.74) is 7.70. The minimum atomic E-state index is -1.04. The fourth-order valence-electron chi connectivity index (χ4n) is 2.34. The Bertz CT molecular complexity index is 674. The maximum absolute atomic E-state index is 13.6. The highest BCUT2D eigenvalue weighted by Gasteiger charge is 2.33. The number of nitrogens with zero attached hydrogens (tertiary/aromatic N) is 5.